The maximum Gasteiger partial charge on any atom is 0.357 e. The number of allylic oxidation sites excluding steroid dienone is 1. The molecule has 2 aliphatic heterocycles. The van der Waals surface area contributed by atoms with Gasteiger partial charge in [-0.1, -0.05) is 6.08 Å². The first-order valence-electron chi connectivity index (χ1n) is 14.4. The first-order valence-corrected chi connectivity index (χ1v) is 14.8. The molecule has 19 heteroatoms. The Morgan fingerprint density at radius 1 is 1.19 bits per heavy atom. The number of esters is 2. The van der Waals surface area contributed by atoms with E-state index in [0.717, 1.165) is 13.8 Å². The summed E-state index contributed by atoms with van der Waals surface area (Å²) < 4.78 is 33.6. The zero-order chi connectivity index (χ0) is 36.3. The second-order valence-electron chi connectivity index (χ2n) is 11.2. The van der Waals surface area contributed by atoms with Crippen LogP contribution in [0.4, 0.5) is 0 Å². The van der Waals surface area contributed by atoms with Gasteiger partial charge in [-0.25, -0.2) is 9.59 Å². The molecule has 6 N–H and O–H groups in total. The van der Waals surface area contributed by atoms with Crippen molar-refractivity contribution in [2.75, 3.05) is 13.7 Å². The molecule has 0 aromatic rings. The number of rotatable bonds is 11. The fourth-order valence-electron chi connectivity index (χ4n) is 5.80. The van der Waals surface area contributed by atoms with Crippen molar-refractivity contribution in [2.24, 2.45) is 4.99 Å². The lowest BCUT2D eigenvalue weighted by Crippen LogP contribution is -2.69. The van der Waals surface area contributed by atoms with E-state index in [0.29, 0.717) is 0 Å². The van der Waals surface area contributed by atoms with Gasteiger partial charge in [0, 0.05) is 20.5 Å². The van der Waals surface area contributed by atoms with Gasteiger partial charge in [0.15, 0.2) is 40.9 Å². The molecule has 0 bridgehead atoms. The first kappa shape index (κ1) is 38.7. The molecular formula is C29H36N2O16S. The van der Waals surface area contributed by atoms with Crippen LogP contribution in [0.1, 0.15) is 40.5 Å². The molecule has 48 heavy (non-hydrogen) atoms. The third-order valence-corrected chi connectivity index (χ3v) is 8.41. The molecule has 1 aliphatic carbocycles. The molecular weight excluding hydrogens is 664 g/mol. The Kier molecular flexibility index (Phi) is 12.2. The molecule has 2 saturated heterocycles. The summed E-state index contributed by atoms with van der Waals surface area (Å²) in [6, 6.07) is 0. The summed E-state index contributed by atoms with van der Waals surface area (Å²) >= 11 is 4.56. The van der Waals surface area contributed by atoms with E-state index in [1.807, 2.05) is 5.16 Å². The summed E-state index contributed by atoms with van der Waals surface area (Å²) in [5.74, 6) is -7.29. The quantitative estimate of drug-likeness (QED) is 0.0657. The van der Waals surface area contributed by atoms with Crippen LogP contribution in [0.15, 0.2) is 28.1 Å². The van der Waals surface area contributed by atoms with Gasteiger partial charge in [0.25, 0.3) is 0 Å². The molecule has 0 spiro atoms. The Morgan fingerprint density at radius 2 is 1.83 bits per heavy atom. The molecule has 2 heterocycles. The molecule has 0 saturated carbocycles. The fraction of sp³-hybridized carbons (Fsp3) is 0.621. The molecule has 10 unspecified atom stereocenters. The number of aliphatic imine (C=N–C) groups is 1. The van der Waals surface area contributed by atoms with E-state index in [9.17, 15) is 49.5 Å². The third-order valence-electron chi connectivity index (χ3n) is 8.32. The van der Waals surface area contributed by atoms with E-state index < -0.39 is 120 Å². The van der Waals surface area contributed by atoms with Crippen molar-refractivity contribution in [1.82, 2.24) is 0 Å². The van der Waals surface area contributed by atoms with Crippen LogP contribution in [-0.2, 0) is 52.4 Å². The van der Waals surface area contributed by atoms with Crippen LogP contribution in [0.3, 0.4) is 0 Å². The second-order valence-corrected chi connectivity index (χ2v) is 11.4. The molecule has 18 nitrogen and oxygen atoms in total. The SMILES string of the molecule is C/C=C(\N=C=S)C(=O)OC1C(COC(C)=O)OC(C2(O)CC(=O)C(=N)C(C(=O)O)=C2O)C(O)C1OC1CC(OC)C(O)(C(C)=O)C(C)O1. The summed E-state index contributed by atoms with van der Waals surface area (Å²) in [7, 11) is 1.21. The highest BCUT2D eigenvalue weighted by atomic mass is 32.1. The van der Waals surface area contributed by atoms with Gasteiger partial charge in [-0.2, -0.15) is 4.99 Å². The number of thiocarbonyl (C=S) groups is 1. The Morgan fingerprint density at radius 3 is 2.35 bits per heavy atom. The topological polar surface area (TPSA) is 278 Å². The van der Waals surface area contributed by atoms with Crippen LogP contribution in [-0.4, -0.2) is 140 Å². The van der Waals surface area contributed by atoms with Gasteiger partial charge in [-0.05, 0) is 33.0 Å². The molecule has 10 atom stereocenters. The Labute approximate surface area is 278 Å². The number of ketones is 2. The van der Waals surface area contributed by atoms with Gasteiger partial charge >= 0.3 is 17.9 Å². The number of aliphatic hydroxyl groups excluding tert-OH is 2. The largest absolute Gasteiger partial charge is 0.508 e. The predicted molar refractivity (Wildman–Crippen MR) is 160 cm³/mol. The van der Waals surface area contributed by atoms with Crippen LogP contribution in [0.25, 0.3) is 0 Å². The van der Waals surface area contributed by atoms with Crippen LogP contribution in [0, 0.1) is 5.41 Å². The smallest absolute Gasteiger partial charge is 0.357 e. The summed E-state index contributed by atoms with van der Waals surface area (Å²) in [4.78, 5) is 65.5. The van der Waals surface area contributed by atoms with Gasteiger partial charge in [0.2, 0.25) is 0 Å². The van der Waals surface area contributed by atoms with E-state index in [1.165, 1.54) is 27.0 Å². The highest BCUT2D eigenvalue weighted by molar-refractivity contribution is 7.78. The Bertz CT molecular complexity index is 1470. The number of carboxylic acids is 1. The number of nitrogens with one attached hydrogen (secondary N) is 1. The van der Waals surface area contributed by atoms with Gasteiger partial charge in [0.05, 0.1) is 17.7 Å². The molecule has 3 aliphatic rings. The number of carboxylic acid groups (broad SMARTS) is 1. The number of methoxy groups -OCH3 is 1. The van der Waals surface area contributed by atoms with Gasteiger partial charge in [-0.3, -0.25) is 19.8 Å². The maximum atomic E-state index is 13.1. The first-order chi connectivity index (χ1) is 22.4. The average Bonchev–Trinajstić information content (AvgIpc) is 3.01. The van der Waals surface area contributed by atoms with E-state index in [4.69, 9.17) is 33.8 Å². The predicted octanol–water partition coefficient (Wildman–Crippen LogP) is -0.928. The number of hydrogen-bond acceptors (Lipinski definition) is 18. The summed E-state index contributed by atoms with van der Waals surface area (Å²) in [6.07, 6.45) is -13.9. The molecule has 3 rings (SSSR count). The Balaban J connectivity index is 2.18. The van der Waals surface area contributed by atoms with Crippen molar-refractivity contribution >= 4 is 52.6 Å². The number of carbonyl (C=O) groups excluding carboxylic acids is 4. The summed E-state index contributed by atoms with van der Waals surface area (Å²) in [5.41, 5.74) is -7.89. The number of aliphatic hydroxyl groups is 4. The standard InChI is InChI=1S/C29H36N2O16S/c1-6-14(31-10-48)27(39)47-22-16(9-43-13(4)33)45-25(28(40)8-15(34)20(30)19(24(28)36)26(37)38)21(35)23(22)46-18-7-17(42-5)29(41,11(2)32)12(3)44-18/h6,12,16-18,21-23,25,30,35-36,40-41H,7-9H2,1-5H3,(H,37,38)/b14-6-,30-20?. The molecule has 0 radical (unpaired) electrons. The minimum absolute atomic E-state index is 0.357. The fourth-order valence-corrected chi connectivity index (χ4v) is 5.90. The molecule has 0 aromatic heterocycles. The van der Waals surface area contributed by atoms with Gasteiger partial charge < -0.3 is 54.0 Å². The van der Waals surface area contributed by atoms with Crippen molar-refractivity contribution in [2.45, 2.75) is 101 Å². The maximum absolute atomic E-state index is 13.1. The van der Waals surface area contributed by atoms with Gasteiger partial charge in [-0.15, -0.1) is 0 Å². The van der Waals surface area contributed by atoms with Crippen LogP contribution < -0.4 is 0 Å². The summed E-state index contributed by atoms with van der Waals surface area (Å²) in [6.45, 7) is 4.16. The van der Waals surface area contributed by atoms with Gasteiger partial charge in [0.1, 0.15) is 54.2 Å². The van der Waals surface area contributed by atoms with Crippen LogP contribution >= 0.6 is 12.2 Å². The lowest BCUT2D eigenvalue weighted by Gasteiger charge is -2.51. The van der Waals surface area contributed by atoms with Crippen LogP contribution in [0.2, 0.25) is 0 Å². The lowest BCUT2D eigenvalue weighted by molar-refractivity contribution is -0.333. The molecule has 0 amide bonds. The summed E-state index contributed by atoms with van der Waals surface area (Å²) in [5, 5.41) is 64.8. The molecule has 264 valence electrons. The zero-order valence-electron chi connectivity index (χ0n) is 26.4. The van der Waals surface area contributed by atoms with E-state index >= 15 is 0 Å². The number of aliphatic carboxylic acids is 1. The van der Waals surface area contributed by atoms with Crippen molar-refractivity contribution in [3.8, 4) is 0 Å². The normalized spacial score (nSPS) is 35.8. The third kappa shape index (κ3) is 7.29. The highest BCUT2D eigenvalue weighted by Gasteiger charge is 2.61. The minimum Gasteiger partial charge on any atom is -0.508 e. The van der Waals surface area contributed by atoms with Crippen molar-refractivity contribution in [3.05, 3.63) is 23.1 Å². The average molecular weight is 701 g/mol. The second kappa shape index (κ2) is 15.2. The number of ether oxygens (including phenoxy) is 6. The monoisotopic (exact) mass is 700 g/mol. The number of hydrogen-bond donors (Lipinski definition) is 6. The Hall–Kier alpha value is -3.78. The highest BCUT2D eigenvalue weighted by Crippen LogP contribution is 2.42. The lowest BCUT2D eigenvalue weighted by atomic mass is 9.74. The number of carbonyl (C=O) groups is 5. The van der Waals surface area contributed by atoms with E-state index in [2.05, 4.69) is 17.2 Å². The minimum atomic E-state index is -3.01. The van der Waals surface area contributed by atoms with Crippen molar-refractivity contribution in [1.29, 1.82) is 5.41 Å². The van der Waals surface area contributed by atoms with Crippen LogP contribution in [0.5, 0.6) is 0 Å². The molecule has 2 fully saturated rings. The molecule has 0 aromatic carbocycles. The van der Waals surface area contributed by atoms with E-state index in [1.54, 1.807) is 0 Å². The van der Waals surface area contributed by atoms with Crippen molar-refractivity contribution < 1.29 is 77.9 Å². The number of nitrogens with zero attached hydrogens (tertiary/aromatic N) is 1. The zero-order valence-corrected chi connectivity index (χ0v) is 27.2. The van der Waals surface area contributed by atoms with E-state index in [-0.39, 0.29) is 12.1 Å². The van der Waals surface area contributed by atoms with Crippen molar-refractivity contribution in [3.63, 3.8) is 0 Å². The number of isothiocyanates is 1. The number of Topliss-reactive ketones (excluding diaryl/α,β-unsaturated/α-hetero) is 2.